The molecule has 0 spiro atoms. The van der Waals surface area contributed by atoms with Gasteiger partial charge in [0.2, 0.25) is 0 Å². The Hall–Kier alpha value is -0.860. The minimum atomic E-state index is 0.0810. The topological polar surface area (TPSA) is 32.3 Å². The minimum Gasteiger partial charge on any atom is -0.396 e. The first-order valence-corrected chi connectivity index (χ1v) is 7.69. The van der Waals surface area contributed by atoms with Crippen molar-refractivity contribution in [1.82, 2.24) is 5.32 Å². The lowest BCUT2D eigenvalue weighted by atomic mass is 9.62. The minimum absolute atomic E-state index is 0.0810. The SMILES string of the molecule is CNC(c1ccc2c(c1)CCCC2)C1(CO)CCC1. The van der Waals surface area contributed by atoms with Gasteiger partial charge in [0.1, 0.15) is 0 Å². The van der Waals surface area contributed by atoms with Gasteiger partial charge in [-0.15, -0.1) is 0 Å². The molecule has 104 valence electrons. The maximum Gasteiger partial charge on any atom is 0.0505 e. The number of fused-ring (bicyclic) bond motifs is 1. The number of hydrogen-bond acceptors (Lipinski definition) is 2. The third-order valence-electron chi connectivity index (χ3n) is 5.27. The summed E-state index contributed by atoms with van der Waals surface area (Å²) >= 11 is 0. The smallest absolute Gasteiger partial charge is 0.0505 e. The van der Waals surface area contributed by atoms with Gasteiger partial charge in [-0.2, -0.15) is 0 Å². The zero-order valence-corrected chi connectivity index (χ0v) is 11.9. The van der Waals surface area contributed by atoms with Crippen LogP contribution in [0.1, 0.15) is 54.8 Å². The first-order valence-electron chi connectivity index (χ1n) is 7.69. The van der Waals surface area contributed by atoms with E-state index in [-0.39, 0.29) is 5.41 Å². The molecule has 2 heteroatoms. The van der Waals surface area contributed by atoms with Gasteiger partial charge in [0.25, 0.3) is 0 Å². The van der Waals surface area contributed by atoms with Crippen LogP contribution in [0.25, 0.3) is 0 Å². The fourth-order valence-electron chi connectivity index (χ4n) is 3.93. The van der Waals surface area contributed by atoms with Gasteiger partial charge < -0.3 is 10.4 Å². The van der Waals surface area contributed by atoms with Crippen molar-refractivity contribution in [2.24, 2.45) is 5.41 Å². The molecule has 2 nitrogen and oxygen atoms in total. The highest BCUT2D eigenvalue weighted by molar-refractivity contribution is 5.36. The monoisotopic (exact) mass is 259 g/mol. The van der Waals surface area contributed by atoms with E-state index in [2.05, 4.69) is 23.5 Å². The second-order valence-electron chi connectivity index (χ2n) is 6.33. The zero-order valence-electron chi connectivity index (χ0n) is 11.9. The fraction of sp³-hybridized carbons (Fsp3) is 0.647. The van der Waals surface area contributed by atoms with Crippen LogP contribution in [0.5, 0.6) is 0 Å². The molecule has 0 aromatic heterocycles. The molecule has 19 heavy (non-hydrogen) atoms. The van der Waals surface area contributed by atoms with E-state index in [9.17, 15) is 5.11 Å². The summed E-state index contributed by atoms with van der Waals surface area (Å²) in [6.07, 6.45) is 8.67. The Bertz CT molecular complexity index is 445. The van der Waals surface area contributed by atoms with Crippen LogP contribution in [-0.2, 0) is 12.8 Å². The Kier molecular flexibility index (Phi) is 3.64. The van der Waals surface area contributed by atoms with Crippen LogP contribution in [0.2, 0.25) is 0 Å². The summed E-state index contributed by atoms with van der Waals surface area (Å²) in [4.78, 5) is 0. The summed E-state index contributed by atoms with van der Waals surface area (Å²) in [6.45, 7) is 0.301. The van der Waals surface area contributed by atoms with Crippen molar-refractivity contribution in [3.8, 4) is 0 Å². The van der Waals surface area contributed by atoms with Crippen molar-refractivity contribution < 1.29 is 5.11 Å². The highest BCUT2D eigenvalue weighted by atomic mass is 16.3. The molecule has 1 saturated carbocycles. The van der Waals surface area contributed by atoms with Crippen LogP contribution in [0, 0.1) is 5.41 Å². The average molecular weight is 259 g/mol. The van der Waals surface area contributed by atoms with E-state index < -0.39 is 0 Å². The first kappa shape index (κ1) is 13.1. The fourth-order valence-corrected chi connectivity index (χ4v) is 3.93. The molecular weight excluding hydrogens is 234 g/mol. The maximum atomic E-state index is 9.80. The molecule has 2 aliphatic carbocycles. The standard InChI is InChI=1S/C17H25NO/c1-18-16(17(12-19)9-4-10-17)15-8-7-13-5-2-3-6-14(13)11-15/h7-8,11,16,18-19H,2-6,9-10,12H2,1H3. The van der Waals surface area contributed by atoms with E-state index in [4.69, 9.17) is 0 Å². The Labute approximate surface area is 116 Å². The molecule has 0 saturated heterocycles. The Morgan fingerprint density at radius 1 is 1.16 bits per heavy atom. The molecule has 0 bridgehead atoms. The number of hydrogen-bond donors (Lipinski definition) is 2. The zero-order chi connectivity index (χ0) is 13.3. The van der Waals surface area contributed by atoms with Crippen molar-refractivity contribution >= 4 is 0 Å². The highest BCUT2D eigenvalue weighted by Crippen LogP contribution is 2.50. The predicted octanol–water partition coefficient (Wildman–Crippen LogP) is 2.99. The number of rotatable bonds is 4. The van der Waals surface area contributed by atoms with E-state index in [1.807, 2.05) is 7.05 Å². The summed E-state index contributed by atoms with van der Waals surface area (Å²) < 4.78 is 0. The van der Waals surface area contributed by atoms with E-state index >= 15 is 0 Å². The second kappa shape index (κ2) is 5.26. The Balaban J connectivity index is 1.91. The van der Waals surface area contributed by atoms with Crippen LogP contribution in [-0.4, -0.2) is 18.8 Å². The van der Waals surface area contributed by atoms with Gasteiger partial charge >= 0.3 is 0 Å². The van der Waals surface area contributed by atoms with Gasteiger partial charge in [-0.1, -0.05) is 24.6 Å². The van der Waals surface area contributed by atoms with Crippen molar-refractivity contribution in [1.29, 1.82) is 0 Å². The number of aliphatic hydroxyl groups is 1. The quantitative estimate of drug-likeness (QED) is 0.871. The highest BCUT2D eigenvalue weighted by Gasteiger charge is 2.43. The lowest BCUT2D eigenvalue weighted by Crippen LogP contribution is -2.44. The molecule has 0 amide bonds. The summed E-state index contributed by atoms with van der Waals surface area (Å²) in [5, 5.41) is 13.3. The van der Waals surface area contributed by atoms with E-state index in [0.717, 1.165) is 12.8 Å². The number of benzene rings is 1. The lowest BCUT2D eigenvalue weighted by molar-refractivity contribution is 0.00780. The predicted molar refractivity (Wildman–Crippen MR) is 78.3 cm³/mol. The van der Waals surface area contributed by atoms with Gasteiger partial charge in [-0.3, -0.25) is 0 Å². The largest absolute Gasteiger partial charge is 0.396 e. The summed E-state index contributed by atoms with van der Waals surface area (Å²) in [5.41, 5.74) is 4.53. The average Bonchev–Trinajstić information content (AvgIpc) is 2.42. The molecule has 1 unspecified atom stereocenters. The summed E-state index contributed by atoms with van der Waals surface area (Å²) in [7, 11) is 2.03. The molecule has 0 aliphatic heterocycles. The maximum absolute atomic E-state index is 9.80. The van der Waals surface area contributed by atoms with Gasteiger partial charge in [0, 0.05) is 11.5 Å². The lowest BCUT2D eigenvalue weighted by Gasteiger charge is -2.47. The molecule has 2 aliphatic rings. The number of nitrogens with one attached hydrogen (secondary N) is 1. The summed E-state index contributed by atoms with van der Waals surface area (Å²) in [6, 6.07) is 7.29. The molecule has 1 fully saturated rings. The van der Waals surface area contributed by atoms with Crippen molar-refractivity contribution in [3.05, 3.63) is 34.9 Å². The second-order valence-corrected chi connectivity index (χ2v) is 6.33. The molecule has 0 radical (unpaired) electrons. The number of aliphatic hydroxyl groups excluding tert-OH is 1. The first-order chi connectivity index (χ1) is 9.29. The van der Waals surface area contributed by atoms with E-state index in [1.165, 1.54) is 48.8 Å². The van der Waals surface area contributed by atoms with E-state index in [0.29, 0.717) is 12.6 Å². The molecule has 0 heterocycles. The van der Waals surface area contributed by atoms with Crippen LogP contribution in [0.4, 0.5) is 0 Å². The van der Waals surface area contributed by atoms with Crippen LogP contribution < -0.4 is 5.32 Å². The van der Waals surface area contributed by atoms with Gasteiger partial charge in [-0.25, -0.2) is 0 Å². The third kappa shape index (κ3) is 2.21. The van der Waals surface area contributed by atoms with Gasteiger partial charge in [0.15, 0.2) is 0 Å². The molecule has 2 N–H and O–H groups in total. The molecule has 1 aromatic carbocycles. The normalized spacial score (nSPS) is 22.4. The molecule has 3 rings (SSSR count). The van der Waals surface area contributed by atoms with Crippen LogP contribution in [0.3, 0.4) is 0 Å². The molecular formula is C17H25NO. The molecule has 1 aromatic rings. The molecule has 1 atom stereocenters. The van der Waals surface area contributed by atoms with Crippen molar-refractivity contribution in [2.45, 2.75) is 51.0 Å². The van der Waals surface area contributed by atoms with Crippen LogP contribution in [0.15, 0.2) is 18.2 Å². The van der Waals surface area contributed by atoms with Crippen molar-refractivity contribution in [3.63, 3.8) is 0 Å². The van der Waals surface area contributed by atoms with Gasteiger partial charge in [-0.05, 0) is 62.3 Å². The summed E-state index contributed by atoms with van der Waals surface area (Å²) in [5.74, 6) is 0. The number of aryl methyl sites for hydroxylation is 2. The van der Waals surface area contributed by atoms with Crippen molar-refractivity contribution in [2.75, 3.05) is 13.7 Å². The Morgan fingerprint density at radius 3 is 2.47 bits per heavy atom. The Morgan fingerprint density at radius 2 is 1.89 bits per heavy atom. The van der Waals surface area contributed by atoms with E-state index in [1.54, 1.807) is 0 Å². The van der Waals surface area contributed by atoms with Gasteiger partial charge in [0.05, 0.1) is 6.61 Å². The van der Waals surface area contributed by atoms with Crippen LogP contribution >= 0.6 is 0 Å². The third-order valence-corrected chi connectivity index (χ3v) is 5.27.